The second-order valence-corrected chi connectivity index (χ2v) is 2.88. The largest absolute Gasteiger partial charge is 0.368 e. The van der Waals surface area contributed by atoms with Crippen LogP contribution in [0.5, 0.6) is 0 Å². The maximum atomic E-state index is 10.4. The van der Waals surface area contributed by atoms with E-state index in [0.29, 0.717) is 0 Å². The van der Waals surface area contributed by atoms with Gasteiger partial charge >= 0.3 is 0 Å². The zero-order valence-corrected chi connectivity index (χ0v) is 7.93. The molecule has 1 aromatic heterocycles. The van der Waals surface area contributed by atoms with E-state index in [1.807, 2.05) is 19.1 Å². The number of rotatable bonds is 5. The summed E-state index contributed by atoms with van der Waals surface area (Å²) in [5.41, 5.74) is 8.57. The number of amides is 1. The van der Waals surface area contributed by atoms with E-state index in [1.54, 1.807) is 12.4 Å². The van der Waals surface area contributed by atoms with Crippen molar-refractivity contribution in [3.05, 3.63) is 30.1 Å². The van der Waals surface area contributed by atoms with Gasteiger partial charge in [-0.3, -0.25) is 14.6 Å². The van der Waals surface area contributed by atoms with Crippen molar-refractivity contribution in [3.63, 3.8) is 0 Å². The molecule has 0 radical (unpaired) electrons. The first-order valence-corrected chi connectivity index (χ1v) is 4.25. The minimum Gasteiger partial charge on any atom is -0.368 e. The van der Waals surface area contributed by atoms with Gasteiger partial charge in [-0.15, -0.1) is 0 Å². The molecule has 0 bridgehead atoms. The average Bonchev–Trinajstić information content (AvgIpc) is 2.18. The normalized spacial score (nSPS) is 12.4. The zero-order chi connectivity index (χ0) is 10.4. The highest BCUT2D eigenvalue weighted by Crippen LogP contribution is 2.08. The van der Waals surface area contributed by atoms with Crippen LogP contribution in [0.3, 0.4) is 0 Å². The van der Waals surface area contributed by atoms with E-state index in [2.05, 4.69) is 10.5 Å². The highest BCUT2D eigenvalue weighted by atomic mass is 16.6. The SMILES string of the molecule is CC(NOCC(N)=O)c1cccnc1. The number of nitrogens with two attached hydrogens (primary N) is 1. The Hall–Kier alpha value is -1.46. The average molecular weight is 195 g/mol. The van der Waals surface area contributed by atoms with Gasteiger partial charge in [0.05, 0.1) is 6.04 Å². The number of pyridine rings is 1. The second kappa shape index (κ2) is 5.31. The summed E-state index contributed by atoms with van der Waals surface area (Å²) < 4.78 is 0. The van der Waals surface area contributed by atoms with Crippen molar-refractivity contribution >= 4 is 5.91 Å². The van der Waals surface area contributed by atoms with Crippen molar-refractivity contribution in [2.45, 2.75) is 13.0 Å². The highest BCUT2D eigenvalue weighted by Gasteiger charge is 2.04. The standard InChI is InChI=1S/C9H13N3O2/c1-7(12-14-6-9(10)13)8-3-2-4-11-5-8/h2-5,7,12H,6H2,1H3,(H2,10,13). The highest BCUT2D eigenvalue weighted by molar-refractivity contribution is 5.74. The maximum Gasteiger partial charge on any atom is 0.245 e. The Morgan fingerprint density at radius 2 is 2.57 bits per heavy atom. The number of carbonyl (C=O) groups is 1. The molecular formula is C9H13N3O2. The topological polar surface area (TPSA) is 77.2 Å². The quantitative estimate of drug-likeness (QED) is 0.655. The lowest BCUT2D eigenvalue weighted by Crippen LogP contribution is -2.26. The fraction of sp³-hybridized carbons (Fsp3) is 0.333. The molecule has 14 heavy (non-hydrogen) atoms. The Morgan fingerprint density at radius 3 is 3.14 bits per heavy atom. The fourth-order valence-corrected chi connectivity index (χ4v) is 0.938. The lowest BCUT2D eigenvalue weighted by Gasteiger charge is -2.12. The summed E-state index contributed by atoms with van der Waals surface area (Å²) in [6, 6.07) is 3.72. The fourth-order valence-electron chi connectivity index (χ4n) is 0.938. The van der Waals surface area contributed by atoms with E-state index < -0.39 is 5.91 Å². The van der Waals surface area contributed by atoms with Crippen molar-refractivity contribution in [1.82, 2.24) is 10.5 Å². The number of carbonyl (C=O) groups excluding carboxylic acids is 1. The van der Waals surface area contributed by atoms with Gasteiger partial charge in [0.1, 0.15) is 6.61 Å². The van der Waals surface area contributed by atoms with Gasteiger partial charge in [0.2, 0.25) is 5.91 Å². The molecule has 1 unspecified atom stereocenters. The van der Waals surface area contributed by atoms with Crippen LogP contribution in [-0.2, 0) is 9.63 Å². The molecule has 5 nitrogen and oxygen atoms in total. The molecule has 0 spiro atoms. The van der Waals surface area contributed by atoms with Gasteiger partial charge in [-0.1, -0.05) is 6.07 Å². The first-order valence-electron chi connectivity index (χ1n) is 4.25. The number of nitrogens with one attached hydrogen (secondary N) is 1. The Bertz CT molecular complexity index is 289. The predicted octanol–water partition coefficient (Wildman–Crippen LogP) is 0.149. The third-order valence-electron chi connectivity index (χ3n) is 1.66. The van der Waals surface area contributed by atoms with Crippen LogP contribution in [0.4, 0.5) is 0 Å². The summed E-state index contributed by atoms with van der Waals surface area (Å²) in [7, 11) is 0. The van der Waals surface area contributed by atoms with Crippen LogP contribution in [0.15, 0.2) is 24.5 Å². The van der Waals surface area contributed by atoms with Gasteiger partial charge in [0, 0.05) is 12.4 Å². The Morgan fingerprint density at radius 1 is 1.79 bits per heavy atom. The van der Waals surface area contributed by atoms with Gasteiger partial charge in [-0.05, 0) is 18.6 Å². The first kappa shape index (κ1) is 10.6. The van der Waals surface area contributed by atoms with Crippen molar-refractivity contribution < 1.29 is 9.63 Å². The van der Waals surface area contributed by atoms with Crippen LogP contribution in [0.25, 0.3) is 0 Å². The van der Waals surface area contributed by atoms with Crippen LogP contribution < -0.4 is 11.2 Å². The molecule has 1 aromatic rings. The van der Waals surface area contributed by atoms with Crippen LogP contribution in [-0.4, -0.2) is 17.5 Å². The molecular weight excluding hydrogens is 182 g/mol. The lowest BCUT2D eigenvalue weighted by molar-refractivity contribution is -0.126. The van der Waals surface area contributed by atoms with Crippen LogP contribution in [0, 0.1) is 0 Å². The van der Waals surface area contributed by atoms with Crippen LogP contribution in [0.1, 0.15) is 18.5 Å². The molecule has 0 saturated carbocycles. The number of nitrogens with zero attached hydrogens (tertiary/aromatic N) is 1. The molecule has 1 amide bonds. The molecule has 0 aliphatic heterocycles. The van der Waals surface area contributed by atoms with Gasteiger partial charge in [0.25, 0.3) is 0 Å². The predicted molar refractivity (Wildman–Crippen MR) is 50.9 cm³/mol. The van der Waals surface area contributed by atoms with Gasteiger partial charge in [0.15, 0.2) is 0 Å². The smallest absolute Gasteiger partial charge is 0.245 e. The molecule has 1 rings (SSSR count). The molecule has 0 aliphatic carbocycles. The first-order chi connectivity index (χ1) is 6.70. The zero-order valence-electron chi connectivity index (χ0n) is 7.93. The molecule has 0 aromatic carbocycles. The molecule has 3 N–H and O–H groups in total. The van der Waals surface area contributed by atoms with Crippen molar-refractivity contribution in [1.29, 1.82) is 0 Å². The number of hydrogen-bond acceptors (Lipinski definition) is 4. The maximum absolute atomic E-state index is 10.4. The summed E-state index contributed by atoms with van der Waals surface area (Å²) in [5, 5.41) is 0. The van der Waals surface area contributed by atoms with E-state index in [0.717, 1.165) is 5.56 Å². The number of primary amides is 1. The molecule has 1 heterocycles. The summed E-state index contributed by atoms with van der Waals surface area (Å²) in [6.07, 6.45) is 3.42. The van der Waals surface area contributed by atoms with Crippen molar-refractivity contribution in [3.8, 4) is 0 Å². The summed E-state index contributed by atoms with van der Waals surface area (Å²) in [6.45, 7) is 1.77. The van der Waals surface area contributed by atoms with Gasteiger partial charge in [-0.2, -0.15) is 5.48 Å². The molecule has 1 atom stereocenters. The Labute approximate surface area is 82.2 Å². The minimum absolute atomic E-state index is 0.0250. The van der Waals surface area contributed by atoms with Crippen molar-refractivity contribution in [2.24, 2.45) is 5.73 Å². The Kier molecular flexibility index (Phi) is 4.03. The van der Waals surface area contributed by atoms with E-state index in [4.69, 9.17) is 10.6 Å². The third kappa shape index (κ3) is 3.51. The lowest BCUT2D eigenvalue weighted by atomic mass is 10.2. The molecule has 0 aliphatic rings. The van der Waals surface area contributed by atoms with Gasteiger partial charge in [-0.25, -0.2) is 0 Å². The second-order valence-electron chi connectivity index (χ2n) is 2.88. The van der Waals surface area contributed by atoms with Crippen molar-refractivity contribution in [2.75, 3.05) is 6.61 Å². The van der Waals surface area contributed by atoms with Crippen LogP contribution >= 0.6 is 0 Å². The van der Waals surface area contributed by atoms with E-state index in [9.17, 15) is 4.79 Å². The molecule has 5 heteroatoms. The summed E-state index contributed by atoms with van der Waals surface area (Å²) in [4.78, 5) is 19.2. The van der Waals surface area contributed by atoms with Crippen LogP contribution in [0.2, 0.25) is 0 Å². The minimum atomic E-state index is -0.504. The van der Waals surface area contributed by atoms with E-state index in [1.165, 1.54) is 0 Å². The van der Waals surface area contributed by atoms with E-state index in [-0.39, 0.29) is 12.6 Å². The summed E-state index contributed by atoms with van der Waals surface area (Å²) in [5.74, 6) is -0.504. The molecule has 76 valence electrons. The van der Waals surface area contributed by atoms with Gasteiger partial charge < -0.3 is 5.73 Å². The summed E-state index contributed by atoms with van der Waals surface area (Å²) >= 11 is 0. The molecule has 0 fully saturated rings. The Balaban J connectivity index is 2.36. The molecule has 0 saturated heterocycles. The number of aromatic nitrogens is 1. The number of hydroxylamine groups is 1. The number of hydrogen-bond donors (Lipinski definition) is 2. The third-order valence-corrected chi connectivity index (χ3v) is 1.66. The monoisotopic (exact) mass is 195 g/mol. The van der Waals surface area contributed by atoms with E-state index >= 15 is 0 Å².